The number of anilines is 1. The number of nitrogens with one attached hydrogen (secondary N) is 1. The van der Waals surface area contributed by atoms with Crippen LogP contribution in [-0.4, -0.2) is 5.91 Å². The number of hydrogen-bond donors (Lipinski definition) is 1. The van der Waals surface area contributed by atoms with Crippen LogP contribution in [0.3, 0.4) is 0 Å². The van der Waals surface area contributed by atoms with Crippen molar-refractivity contribution in [2.24, 2.45) is 5.41 Å². The highest BCUT2D eigenvalue weighted by Gasteiger charge is 2.27. The molecule has 2 aromatic rings. The molecule has 0 spiro atoms. The molecule has 0 atom stereocenters. The minimum absolute atomic E-state index is 0.300. The summed E-state index contributed by atoms with van der Waals surface area (Å²) in [6.45, 7) is 3.20. The van der Waals surface area contributed by atoms with Gasteiger partial charge >= 0.3 is 0 Å². The Labute approximate surface area is 120 Å². The lowest BCUT2D eigenvalue weighted by Crippen LogP contribution is -2.29. The van der Waals surface area contributed by atoms with Gasteiger partial charge in [-0.2, -0.15) is 5.26 Å². The Hall–Kier alpha value is -1.86. The first kappa shape index (κ1) is 13.6. The van der Waals surface area contributed by atoms with E-state index in [2.05, 4.69) is 21.2 Å². The summed E-state index contributed by atoms with van der Waals surface area (Å²) in [4.78, 5) is 11.9. The molecule has 0 saturated carbocycles. The van der Waals surface area contributed by atoms with E-state index in [0.717, 1.165) is 15.2 Å². The molecule has 0 bridgehead atoms. The van der Waals surface area contributed by atoms with Gasteiger partial charge in [0, 0.05) is 10.2 Å². The minimum Gasteiger partial charge on any atom is -0.325 e. The van der Waals surface area contributed by atoms with Crippen LogP contribution in [0.4, 0.5) is 5.69 Å². The Kier molecular flexibility index (Phi) is 3.59. The largest absolute Gasteiger partial charge is 0.325 e. The van der Waals surface area contributed by atoms with Crippen molar-refractivity contribution in [1.29, 1.82) is 5.26 Å². The third-order valence-corrected chi connectivity index (χ3v) is 3.40. The van der Waals surface area contributed by atoms with Gasteiger partial charge in [-0.15, -0.1) is 0 Å². The number of nitriles is 1. The first-order chi connectivity index (χ1) is 8.92. The zero-order valence-electron chi connectivity index (χ0n) is 10.7. The molecule has 0 fully saturated rings. The smallest absolute Gasteiger partial charge is 0.244 e. The van der Waals surface area contributed by atoms with Gasteiger partial charge in [0.05, 0.1) is 6.07 Å². The van der Waals surface area contributed by atoms with Crippen molar-refractivity contribution in [2.75, 3.05) is 5.32 Å². The summed E-state index contributed by atoms with van der Waals surface area (Å²) in [5.74, 6) is -0.300. The quantitative estimate of drug-likeness (QED) is 0.907. The molecule has 4 heteroatoms. The molecule has 0 aliphatic rings. The van der Waals surface area contributed by atoms with E-state index in [1.165, 1.54) is 0 Å². The third-order valence-electron chi connectivity index (χ3n) is 2.91. The van der Waals surface area contributed by atoms with Crippen LogP contribution in [0.25, 0.3) is 10.8 Å². The van der Waals surface area contributed by atoms with Gasteiger partial charge < -0.3 is 5.32 Å². The molecular formula is C15H13BrN2O. The van der Waals surface area contributed by atoms with E-state index in [1.54, 1.807) is 13.8 Å². The van der Waals surface area contributed by atoms with Crippen LogP contribution in [0.5, 0.6) is 0 Å². The molecule has 19 heavy (non-hydrogen) atoms. The van der Waals surface area contributed by atoms with Crippen LogP contribution in [-0.2, 0) is 4.79 Å². The zero-order valence-corrected chi connectivity index (χ0v) is 12.3. The summed E-state index contributed by atoms with van der Waals surface area (Å²) in [7, 11) is 0. The second-order valence-corrected chi connectivity index (χ2v) is 5.81. The van der Waals surface area contributed by atoms with Crippen molar-refractivity contribution in [3.8, 4) is 6.07 Å². The SMILES string of the molecule is CC(C)(C#N)C(=O)Nc1ccc2cc(Br)ccc2c1. The maximum Gasteiger partial charge on any atom is 0.244 e. The summed E-state index contributed by atoms with van der Waals surface area (Å²) < 4.78 is 1.02. The highest BCUT2D eigenvalue weighted by molar-refractivity contribution is 9.10. The normalized spacial score (nSPS) is 11.1. The molecule has 3 nitrogen and oxygen atoms in total. The van der Waals surface area contributed by atoms with E-state index in [9.17, 15) is 4.79 Å². The molecule has 0 aliphatic heterocycles. The Bertz CT molecular complexity index is 686. The fourth-order valence-corrected chi connectivity index (χ4v) is 2.01. The van der Waals surface area contributed by atoms with Crippen molar-refractivity contribution in [1.82, 2.24) is 0 Å². The number of rotatable bonds is 2. The third kappa shape index (κ3) is 2.94. The molecule has 2 aromatic carbocycles. The molecule has 0 radical (unpaired) electrons. The molecule has 1 amide bonds. The van der Waals surface area contributed by atoms with E-state index < -0.39 is 5.41 Å². The Morgan fingerprint density at radius 1 is 1.21 bits per heavy atom. The molecule has 0 saturated heterocycles. The van der Waals surface area contributed by atoms with Crippen LogP contribution in [0.2, 0.25) is 0 Å². The predicted molar refractivity (Wildman–Crippen MR) is 79.7 cm³/mol. The number of halogens is 1. The van der Waals surface area contributed by atoms with Crippen molar-refractivity contribution in [3.05, 3.63) is 40.9 Å². The van der Waals surface area contributed by atoms with Gasteiger partial charge in [0.2, 0.25) is 5.91 Å². The first-order valence-electron chi connectivity index (χ1n) is 5.84. The topological polar surface area (TPSA) is 52.9 Å². The maximum atomic E-state index is 11.9. The average Bonchev–Trinajstić information content (AvgIpc) is 2.38. The predicted octanol–water partition coefficient (Wildman–Crippen LogP) is 4.09. The Morgan fingerprint density at radius 2 is 1.84 bits per heavy atom. The molecule has 0 unspecified atom stereocenters. The monoisotopic (exact) mass is 316 g/mol. The number of carbonyl (C=O) groups is 1. The van der Waals surface area contributed by atoms with Gasteiger partial charge in [0.1, 0.15) is 5.41 Å². The van der Waals surface area contributed by atoms with Crippen LogP contribution in [0.1, 0.15) is 13.8 Å². The fraction of sp³-hybridized carbons (Fsp3) is 0.200. The van der Waals surface area contributed by atoms with Crippen molar-refractivity contribution in [2.45, 2.75) is 13.8 Å². The molecule has 1 N–H and O–H groups in total. The van der Waals surface area contributed by atoms with Gasteiger partial charge in [-0.1, -0.05) is 28.1 Å². The van der Waals surface area contributed by atoms with Crippen molar-refractivity contribution in [3.63, 3.8) is 0 Å². The second-order valence-electron chi connectivity index (χ2n) is 4.90. The van der Waals surface area contributed by atoms with Crippen LogP contribution in [0.15, 0.2) is 40.9 Å². The summed E-state index contributed by atoms with van der Waals surface area (Å²) >= 11 is 3.42. The van der Waals surface area contributed by atoms with E-state index in [-0.39, 0.29) is 5.91 Å². The molecule has 0 aliphatic carbocycles. The van der Waals surface area contributed by atoms with Crippen molar-refractivity contribution < 1.29 is 4.79 Å². The minimum atomic E-state index is -1.03. The first-order valence-corrected chi connectivity index (χ1v) is 6.64. The van der Waals surface area contributed by atoms with Gasteiger partial charge in [-0.25, -0.2) is 0 Å². The van der Waals surface area contributed by atoms with Gasteiger partial charge in [-0.05, 0) is 48.9 Å². The van der Waals surface area contributed by atoms with Gasteiger partial charge in [-0.3, -0.25) is 4.79 Å². The molecular weight excluding hydrogens is 304 g/mol. The number of fused-ring (bicyclic) bond motifs is 1. The molecule has 0 heterocycles. The summed E-state index contributed by atoms with van der Waals surface area (Å²) in [5, 5.41) is 13.8. The number of carbonyl (C=O) groups excluding carboxylic acids is 1. The zero-order chi connectivity index (χ0) is 14.0. The van der Waals surface area contributed by atoms with E-state index in [0.29, 0.717) is 5.69 Å². The van der Waals surface area contributed by atoms with Crippen LogP contribution < -0.4 is 5.32 Å². The average molecular weight is 317 g/mol. The lowest BCUT2D eigenvalue weighted by atomic mass is 9.94. The van der Waals surface area contributed by atoms with E-state index in [1.807, 2.05) is 42.5 Å². The van der Waals surface area contributed by atoms with E-state index >= 15 is 0 Å². The lowest BCUT2D eigenvalue weighted by Gasteiger charge is -2.15. The van der Waals surface area contributed by atoms with E-state index in [4.69, 9.17) is 5.26 Å². The fourth-order valence-electron chi connectivity index (χ4n) is 1.63. The Balaban J connectivity index is 2.30. The molecule has 96 valence electrons. The summed E-state index contributed by atoms with van der Waals surface area (Å²) in [5.41, 5.74) is -0.336. The highest BCUT2D eigenvalue weighted by Crippen LogP contribution is 2.24. The molecule has 0 aromatic heterocycles. The van der Waals surface area contributed by atoms with Gasteiger partial charge in [0.25, 0.3) is 0 Å². The van der Waals surface area contributed by atoms with Crippen LogP contribution in [0, 0.1) is 16.7 Å². The van der Waals surface area contributed by atoms with Gasteiger partial charge in [0.15, 0.2) is 0 Å². The maximum absolute atomic E-state index is 11.9. The van der Waals surface area contributed by atoms with Crippen LogP contribution >= 0.6 is 15.9 Å². The number of hydrogen-bond acceptors (Lipinski definition) is 2. The number of benzene rings is 2. The summed E-state index contributed by atoms with van der Waals surface area (Å²) in [6.07, 6.45) is 0. The van der Waals surface area contributed by atoms with Crippen molar-refractivity contribution >= 4 is 38.3 Å². The second kappa shape index (κ2) is 5.02. The lowest BCUT2D eigenvalue weighted by molar-refractivity contribution is -0.121. The summed E-state index contributed by atoms with van der Waals surface area (Å²) in [6, 6.07) is 13.6. The molecule has 2 rings (SSSR count). The Morgan fingerprint density at radius 3 is 2.53 bits per heavy atom. The number of amides is 1. The standard InChI is InChI=1S/C15H13BrN2O/c1-15(2,9-17)14(19)18-13-6-4-10-7-12(16)5-3-11(10)8-13/h3-8H,1-2H3,(H,18,19). The number of nitrogens with zero attached hydrogens (tertiary/aromatic N) is 1. The highest BCUT2D eigenvalue weighted by atomic mass is 79.9.